The lowest BCUT2D eigenvalue weighted by molar-refractivity contribution is 0.0692. The van der Waals surface area contributed by atoms with Gasteiger partial charge in [0.05, 0.1) is 11.1 Å². The van der Waals surface area contributed by atoms with E-state index in [1.807, 2.05) is 0 Å². The molecule has 0 saturated heterocycles. The van der Waals surface area contributed by atoms with Gasteiger partial charge in [-0.2, -0.15) is 0 Å². The number of rotatable bonds is 1. The number of hydrogen-bond acceptors (Lipinski definition) is 2. The number of carbonyl (C=O) groups is 1. The number of aromatic carboxylic acids is 1. The van der Waals surface area contributed by atoms with Crippen molar-refractivity contribution < 1.29 is 14.3 Å². The summed E-state index contributed by atoms with van der Waals surface area (Å²) in [6.45, 7) is 0. The average molecular weight is 196 g/mol. The second-order valence-electron chi connectivity index (χ2n) is 2.73. The number of fused-ring (bicyclic) bond motifs is 1. The highest BCUT2D eigenvalue weighted by atomic mass is 19.1. The van der Waals surface area contributed by atoms with Gasteiger partial charge < -0.3 is 15.1 Å². The van der Waals surface area contributed by atoms with Crippen molar-refractivity contribution in [2.24, 2.45) is 0 Å². The Labute approximate surface area is 76.2 Å². The number of halogens is 1. The normalized spacial score (nSPS) is 10.6. The van der Waals surface area contributed by atoms with Gasteiger partial charge in [-0.15, -0.1) is 0 Å². The summed E-state index contributed by atoms with van der Waals surface area (Å²) in [5.41, 5.74) is -0.901. The second kappa shape index (κ2) is 2.69. The van der Waals surface area contributed by atoms with Crippen LogP contribution in [-0.2, 0) is 0 Å². The van der Waals surface area contributed by atoms with Crippen molar-refractivity contribution in [2.75, 3.05) is 0 Å². The zero-order valence-electron chi connectivity index (χ0n) is 6.80. The largest absolute Gasteiger partial charge is 0.478 e. The van der Waals surface area contributed by atoms with Gasteiger partial charge >= 0.3 is 11.7 Å². The Balaban J connectivity index is 2.87. The smallest absolute Gasteiger partial charge is 0.338 e. The quantitative estimate of drug-likeness (QED) is 0.627. The summed E-state index contributed by atoms with van der Waals surface area (Å²) < 4.78 is 13.4. The molecule has 0 bridgehead atoms. The average Bonchev–Trinajstić information content (AvgIpc) is 2.46. The van der Waals surface area contributed by atoms with Crippen molar-refractivity contribution >= 4 is 17.0 Å². The first-order valence-electron chi connectivity index (χ1n) is 3.73. The van der Waals surface area contributed by atoms with E-state index in [0.717, 1.165) is 6.07 Å². The van der Waals surface area contributed by atoms with Crippen LogP contribution >= 0.6 is 0 Å². The van der Waals surface area contributed by atoms with Crippen LogP contribution in [0.2, 0.25) is 0 Å². The van der Waals surface area contributed by atoms with Crippen molar-refractivity contribution in [3.63, 3.8) is 0 Å². The van der Waals surface area contributed by atoms with Crippen LogP contribution in [0.4, 0.5) is 4.39 Å². The van der Waals surface area contributed by atoms with Crippen molar-refractivity contribution in [1.82, 2.24) is 9.97 Å². The number of H-pyrrole nitrogens is 2. The lowest BCUT2D eigenvalue weighted by Gasteiger charge is -1.96. The number of hydrogen-bond donors (Lipinski definition) is 3. The van der Waals surface area contributed by atoms with Crippen LogP contribution in [-0.4, -0.2) is 21.0 Å². The van der Waals surface area contributed by atoms with Gasteiger partial charge in [0.2, 0.25) is 0 Å². The number of imidazole rings is 1. The fourth-order valence-electron chi connectivity index (χ4n) is 1.23. The molecule has 14 heavy (non-hydrogen) atoms. The molecule has 3 N–H and O–H groups in total. The topological polar surface area (TPSA) is 85.9 Å². The van der Waals surface area contributed by atoms with Gasteiger partial charge in [-0.3, -0.25) is 0 Å². The molecule has 6 heteroatoms. The maximum atomic E-state index is 13.4. The Hall–Kier alpha value is -2.11. The zero-order chi connectivity index (χ0) is 10.3. The molecule has 72 valence electrons. The third-order valence-corrected chi connectivity index (χ3v) is 1.86. The molecule has 0 unspecified atom stereocenters. The minimum Gasteiger partial charge on any atom is -0.478 e. The summed E-state index contributed by atoms with van der Waals surface area (Å²) in [6.07, 6.45) is 0. The minimum absolute atomic E-state index is 0.116. The number of nitrogens with one attached hydrogen (secondary N) is 2. The molecule has 1 heterocycles. The number of benzene rings is 1. The van der Waals surface area contributed by atoms with Crippen LogP contribution in [0.25, 0.3) is 11.0 Å². The Bertz CT molecular complexity index is 569. The summed E-state index contributed by atoms with van der Waals surface area (Å²) >= 11 is 0. The molecular formula is C8H5FN2O3. The summed E-state index contributed by atoms with van der Waals surface area (Å²) in [5.74, 6) is -2.31. The van der Waals surface area contributed by atoms with Gasteiger partial charge in [0, 0.05) is 0 Å². The Morgan fingerprint density at radius 2 is 2.07 bits per heavy atom. The highest BCUT2D eigenvalue weighted by Crippen LogP contribution is 2.16. The number of aromatic nitrogens is 2. The van der Waals surface area contributed by atoms with Gasteiger partial charge in [0.1, 0.15) is 5.52 Å². The first-order chi connectivity index (χ1) is 6.59. The van der Waals surface area contributed by atoms with Gasteiger partial charge in [0.25, 0.3) is 0 Å². The molecule has 2 aromatic rings. The highest BCUT2D eigenvalue weighted by molar-refractivity contribution is 5.92. The Morgan fingerprint density at radius 3 is 2.71 bits per heavy atom. The lowest BCUT2D eigenvalue weighted by Crippen LogP contribution is -2.01. The molecule has 0 atom stereocenters. The number of carboxylic acid groups (broad SMARTS) is 1. The molecule has 1 aromatic heterocycles. The van der Waals surface area contributed by atoms with E-state index in [0.29, 0.717) is 0 Å². The van der Waals surface area contributed by atoms with E-state index >= 15 is 0 Å². The van der Waals surface area contributed by atoms with Crippen molar-refractivity contribution in [2.45, 2.75) is 0 Å². The van der Waals surface area contributed by atoms with Crippen LogP contribution in [0.1, 0.15) is 10.4 Å². The summed E-state index contributed by atoms with van der Waals surface area (Å²) in [5, 5.41) is 8.59. The van der Waals surface area contributed by atoms with Gasteiger partial charge in [-0.25, -0.2) is 14.0 Å². The molecule has 0 fully saturated rings. The van der Waals surface area contributed by atoms with E-state index in [1.54, 1.807) is 0 Å². The molecule has 0 amide bonds. The highest BCUT2D eigenvalue weighted by Gasteiger charge is 2.14. The zero-order valence-corrected chi connectivity index (χ0v) is 6.80. The first-order valence-corrected chi connectivity index (χ1v) is 3.73. The standard InChI is InChI=1S/C8H5FN2O3/c9-5-3(7(12)13)1-2-4-6(5)11-8(14)10-4/h1-2H,(H,12,13)(H2,10,11,14). The fraction of sp³-hybridized carbons (Fsp3) is 0. The molecule has 2 rings (SSSR count). The van der Waals surface area contributed by atoms with E-state index in [2.05, 4.69) is 9.97 Å². The van der Waals surface area contributed by atoms with Gasteiger partial charge in [-0.1, -0.05) is 0 Å². The number of carboxylic acids is 1. The van der Waals surface area contributed by atoms with E-state index < -0.39 is 23.0 Å². The third-order valence-electron chi connectivity index (χ3n) is 1.86. The van der Waals surface area contributed by atoms with E-state index in [9.17, 15) is 14.0 Å². The van der Waals surface area contributed by atoms with Crippen molar-refractivity contribution in [3.8, 4) is 0 Å². The predicted octanol–water partition coefficient (Wildman–Crippen LogP) is 0.693. The van der Waals surface area contributed by atoms with Crippen molar-refractivity contribution in [1.29, 1.82) is 0 Å². The molecule has 1 aromatic carbocycles. The maximum Gasteiger partial charge on any atom is 0.338 e. The van der Waals surface area contributed by atoms with Gasteiger partial charge in [-0.05, 0) is 12.1 Å². The molecule has 0 spiro atoms. The van der Waals surface area contributed by atoms with E-state index in [-0.39, 0.29) is 11.0 Å². The van der Waals surface area contributed by atoms with E-state index in [4.69, 9.17) is 5.11 Å². The van der Waals surface area contributed by atoms with Gasteiger partial charge in [0.15, 0.2) is 5.82 Å². The Kier molecular flexibility index (Phi) is 1.63. The second-order valence-corrected chi connectivity index (χ2v) is 2.73. The van der Waals surface area contributed by atoms with E-state index in [1.165, 1.54) is 6.07 Å². The summed E-state index contributed by atoms with van der Waals surface area (Å²) in [4.78, 5) is 25.8. The maximum absolute atomic E-state index is 13.4. The lowest BCUT2D eigenvalue weighted by atomic mass is 10.2. The molecular weight excluding hydrogens is 191 g/mol. The molecule has 0 aliphatic heterocycles. The third kappa shape index (κ3) is 1.08. The van der Waals surface area contributed by atoms with Crippen LogP contribution in [0, 0.1) is 5.82 Å². The van der Waals surface area contributed by atoms with Crippen molar-refractivity contribution in [3.05, 3.63) is 34.0 Å². The monoisotopic (exact) mass is 196 g/mol. The van der Waals surface area contributed by atoms with Crippen LogP contribution in [0.5, 0.6) is 0 Å². The number of aromatic amines is 2. The first kappa shape index (κ1) is 8.49. The van der Waals surface area contributed by atoms with Crippen LogP contribution < -0.4 is 5.69 Å². The Morgan fingerprint density at radius 1 is 1.36 bits per heavy atom. The minimum atomic E-state index is -1.37. The molecule has 0 radical (unpaired) electrons. The molecule has 0 aliphatic rings. The summed E-state index contributed by atoms with van der Waals surface area (Å²) in [7, 11) is 0. The fourth-order valence-corrected chi connectivity index (χ4v) is 1.23. The van der Waals surface area contributed by atoms with Crippen LogP contribution in [0.15, 0.2) is 16.9 Å². The summed E-state index contributed by atoms with van der Waals surface area (Å²) in [6, 6.07) is 2.43. The SMILES string of the molecule is O=C(O)c1ccc2[nH]c(=O)[nH]c2c1F. The molecule has 0 aliphatic carbocycles. The van der Waals surface area contributed by atoms with Crippen LogP contribution in [0.3, 0.4) is 0 Å². The predicted molar refractivity (Wildman–Crippen MR) is 45.8 cm³/mol. The molecule has 0 saturated carbocycles. The molecule has 5 nitrogen and oxygen atoms in total.